The molecule has 1 heterocycles. The third kappa shape index (κ3) is 5.29. The van der Waals surface area contributed by atoms with Crippen LogP contribution in [0.1, 0.15) is 21.1 Å². The normalized spacial score (nSPS) is 11.2. The molecule has 2 aromatic carbocycles. The molecule has 7 nitrogen and oxygen atoms in total. The van der Waals surface area contributed by atoms with Crippen LogP contribution in [-0.2, 0) is 16.4 Å². The van der Waals surface area contributed by atoms with Crippen molar-refractivity contribution in [2.75, 3.05) is 18.4 Å². The number of thiazole rings is 1. The molecular formula is C20H20ClN3O4S2. The highest BCUT2D eigenvalue weighted by molar-refractivity contribution is 7.92. The Morgan fingerprint density at radius 2 is 2.00 bits per heavy atom. The quantitative estimate of drug-likeness (QED) is 0.526. The number of hydrogen-bond donors (Lipinski definition) is 2. The summed E-state index contributed by atoms with van der Waals surface area (Å²) < 4.78 is 33.4. The van der Waals surface area contributed by atoms with E-state index in [2.05, 4.69) is 15.0 Å². The van der Waals surface area contributed by atoms with E-state index in [9.17, 15) is 13.2 Å². The number of carbonyl (C=O) groups excluding carboxylic acids is 1. The zero-order chi connectivity index (χ0) is 21.7. The molecule has 0 atom stereocenters. The Kier molecular flexibility index (Phi) is 6.96. The van der Waals surface area contributed by atoms with Gasteiger partial charge in [-0.25, -0.2) is 13.4 Å². The highest BCUT2D eigenvalue weighted by Crippen LogP contribution is 2.29. The lowest BCUT2D eigenvalue weighted by Gasteiger charge is -2.13. The van der Waals surface area contributed by atoms with Gasteiger partial charge in [0, 0.05) is 23.9 Å². The number of carbonyl (C=O) groups is 1. The number of rotatable bonds is 8. The lowest BCUT2D eigenvalue weighted by molar-refractivity contribution is 0.0954. The van der Waals surface area contributed by atoms with Crippen molar-refractivity contribution >= 4 is 44.6 Å². The molecule has 1 amide bonds. The molecule has 158 valence electrons. The number of para-hydroxylation sites is 2. The van der Waals surface area contributed by atoms with Crippen LogP contribution in [0.2, 0.25) is 5.02 Å². The van der Waals surface area contributed by atoms with Gasteiger partial charge in [0.2, 0.25) is 0 Å². The molecule has 0 radical (unpaired) electrons. The van der Waals surface area contributed by atoms with Gasteiger partial charge < -0.3 is 10.1 Å². The number of methoxy groups -OCH3 is 1. The van der Waals surface area contributed by atoms with Crippen LogP contribution in [-0.4, -0.2) is 33.0 Å². The summed E-state index contributed by atoms with van der Waals surface area (Å²) in [5, 5.41) is 5.68. The number of hydrogen-bond acceptors (Lipinski definition) is 6. The average molecular weight is 466 g/mol. The first kappa shape index (κ1) is 22.1. The second kappa shape index (κ2) is 9.46. The molecule has 0 bridgehead atoms. The summed E-state index contributed by atoms with van der Waals surface area (Å²) in [7, 11) is -2.60. The van der Waals surface area contributed by atoms with Gasteiger partial charge in [-0.3, -0.25) is 9.52 Å². The number of aromatic nitrogens is 1. The molecule has 10 heteroatoms. The third-order valence-corrected chi connectivity index (χ3v) is 6.84. The Bertz CT molecular complexity index is 1160. The van der Waals surface area contributed by atoms with Crippen molar-refractivity contribution in [3.05, 3.63) is 69.1 Å². The number of ether oxygens (including phenoxy) is 1. The number of nitrogens with zero attached hydrogens (tertiary/aromatic N) is 1. The van der Waals surface area contributed by atoms with Crippen molar-refractivity contribution in [1.82, 2.24) is 10.3 Å². The van der Waals surface area contributed by atoms with Gasteiger partial charge in [-0.2, -0.15) is 0 Å². The number of amides is 1. The second-order valence-corrected chi connectivity index (χ2v) is 9.43. The summed E-state index contributed by atoms with van der Waals surface area (Å²) in [6.45, 7) is 2.30. The lowest BCUT2D eigenvalue weighted by atomic mass is 10.2. The fraction of sp³-hybridized carbons (Fsp3) is 0.200. The fourth-order valence-corrected chi connectivity index (χ4v) is 4.95. The number of halogens is 1. The van der Waals surface area contributed by atoms with E-state index in [0.717, 1.165) is 10.7 Å². The maximum Gasteiger partial charge on any atom is 0.263 e. The Morgan fingerprint density at radius 3 is 2.70 bits per heavy atom. The molecule has 0 fully saturated rings. The number of anilines is 1. The van der Waals surface area contributed by atoms with E-state index in [1.807, 2.05) is 12.3 Å². The van der Waals surface area contributed by atoms with Gasteiger partial charge in [-0.15, -0.1) is 11.3 Å². The topological polar surface area (TPSA) is 97.4 Å². The van der Waals surface area contributed by atoms with Gasteiger partial charge in [-0.1, -0.05) is 23.7 Å². The van der Waals surface area contributed by atoms with E-state index in [-0.39, 0.29) is 21.2 Å². The predicted molar refractivity (Wildman–Crippen MR) is 118 cm³/mol. The minimum Gasteiger partial charge on any atom is -0.495 e. The Balaban J connectivity index is 1.75. The molecule has 0 saturated carbocycles. The minimum absolute atomic E-state index is 0.00639. The Morgan fingerprint density at radius 1 is 1.23 bits per heavy atom. The Hall–Kier alpha value is -2.62. The number of nitrogens with one attached hydrogen (secondary N) is 2. The average Bonchev–Trinajstić information content (AvgIpc) is 3.13. The van der Waals surface area contributed by atoms with Crippen LogP contribution in [0.3, 0.4) is 0 Å². The lowest BCUT2D eigenvalue weighted by Crippen LogP contribution is -2.26. The van der Waals surface area contributed by atoms with Crippen LogP contribution < -0.4 is 14.8 Å². The summed E-state index contributed by atoms with van der Waals surface area (Å²) in [5.41, 5.74) is 1.36. The molecule has 0 aliphatic carbocycles. The van der Waals surface area contributed by atoms with Crippen LogP contribution in [0.25, 0.3) is 0 Å². The first-order valence-electron chi connectivity index (χ1n) is 8.95. The largest absolute Gasteiger partial charge is 0.495 e. The zero-order valence-corrected chi connectivity index (χ0v) is 18.7. The fourth-order valence-electron chi connectivity index (χ4n) is 2.71. The van der Waals surface area contributed by atoms with Gasteiger partial charge in [0.15, 0.2) is 0 Å². The summed E-state index contributed by atoms with van der Waals surface area (Å²) in [4.78, 5) is 16.6. The van der Waals surface area contributed by atoms with E-state index < -0.39 is 15.9 Å². The first-order chi connectivity index (χ1) is 14.3. The van der Waals surface area contributed by atoms with Gasteiger partial charge in [0.1, 0.15) is 10.6 Å². The van der Waals surface area contributed by atoms with Gasteiger partial charge >= 0.3 is 0 Å². The van der Waals surface area contributed by atoms with Crippen LogP contribution in [0.15, 0.2) is 52.7 Å². The molecule has 1 aromatic heterocycles. The molecule has 3 aromatic rings. The molecule has 0 spiro atoms. The summed E-state index contributed by atoms with van der Waals surface area (Å²) in [5.74, 6) is -0.0317. The van der Waals surface area contributed by atoms with Crippen LogP contribution >= 0.6 is 22.9 Å². The summed E-state index contributed by atoms with van der Waals surface area (Å²) in [6, 6.07) is 10.7. The van der Waals surface area contributed by atoms with Crippen LogP contribution in [0.5, 0.6) is 5.75 Å². The standard InChI is InChI=1S/C20H20ClN3O4S2/c1-13-23-15(12-29-13)9-10-22-20(25)14-7-8-16(21)19(11-14)30(26,27)24-17-5-3-4-6-18(17)28-2/h3-8,11-12,24H,9-10H2,1-2H3,(H,22,25). The highest BCUT2D eigenvalue weighted by atomic mass is 35.5. The minimum atomic E-state index is -4.04. The van der Waals surface area contributed by atoms with Crippen LogP contribution in [0.4, 0.5) is 5.69 Å². The maximum atomic E-state index is 12.9. The van der Waals surface area contributed by atoms with E-state index in [0.29, 0.717) is 18.7 Å². The number of aryl methyl sites for hydroxylation is 1. The predicted octanol–water partition coefficient (Wildman–Crippen LogP) is 3.89. The van der Waals surface area contributed by atoms with Crippen molar-refractivity contribution in [3.63, 3.8) is 0 Å². The molecule has 0 aliphatic heterocycles. The monoisotopic (exact) mass is 465 g/mol. The van der Waals surface area contributed by atoms with E-state index in [1.165, 1.54) is 25.3 Å². The van der Waals surface area contributed by atoms with E-state index in [4.69, 9.17) is 16.3 Å². The molecule has 0 unspecified atom stereocenters. The van der Waals surface area contributed by atoms with Crippen molar-refractivity contribution in [1.29, 1.82) is 0 Å². The third-order valence-electron chi connectivity index (χ3n) is 4.17. The molecule has 0 saturated heterocycles. The zero-order valence-electron chi connectivity index (χ0n) is 16.3. The van der Waals surface area contributed by atoms with E-state index in [1.54, 1.807) is 35.6 Å². The summed E-state index contributed by atoms with van der Waals surface area (Å²) >= 11 is 7.67. The Labute approximate surface area is 184 Å². The molecule has 0 aliphatic rings. The number of benzene rings is 2. The second-order valence-electron chi connectivity index (χ2n) is 6.31. The van der Waals surface area contributed by atoms with Crippen molar-refractivity contribution in [3.8, 4) is 5.75 Å². The SMILES string of the molecule is COc1ccccc1NS(=O)(=O)c1cc(C(=O)NCCc2csc(C)n2)ccc1Cl. The smallest absolute Gasteiger partial charge is 0.263 e. The van der Waals surface area contributed by atoms with Crippen LogP contribution in [0, 0.1) is 6.92 Å². The molecular weight excluding hydrogens is 446 g/mol. The van der Waals surface area contributed by atoms with Gasteiger partial charge in [0.25, 0.3) is 15.9 Å². The maximum absolute atomic E-state index is 12.9. The first-order valence-corrected chi connectivity index (χ1v) is 11.7. The van der Waals surface area contributed by atoms with E-state index >= 15 is 0 Å². The highest BCUT2D eigenvalue weighted by Gasteiger charge is 2.21. The van der Waals surface area contributed by atoms with Crippen molar-refractivity contribution < 1.29 is 17.9 Å². The van der Waals surface area contributed by atoms with Gasteiger partial charge in [0.05, 0.1) is 28.5 Å². The van der Waals surface area contributed by atoms with Crippen molar-refractivity contribution in [2.24, 2.45) is 0 Å². The molecule has 3 rings (SSSR count). The molecule has 30 heavy (non-hydrogen) atoms. The van der Waals surface area contributed by atoms with Crippen molar-refractivity contribution in [2.45, 2.75) is 18.2 Å². The van der Waals surface area contributed by atoms with Gasteiger partial charge in [-0.05, 0) is 37.3 Å². The number of sulfonamides is 1. The summed E-state index contributed by atoms with van der Waals surface area (Å²) in [6.07, 6.45) is 0.587. The molecule has 2 N–H and O–H groups in total.